The number of para-hydroxylation sites is 4. The van der Waals surface area contributed by atoms with E-state index in [2.05, 4.69) is 121 Å². The third kappa shape index (κ3) is 8.83. The average molecular weight is 1050 g/mol. The zero-order chi connectivity index (χ0) is 54.3. The van der Waals surface area contributed by atoms with Gasteiger partial charge in [0, 0.05) is 54.9 Å². The number of nitrogens with zero attached hydrogens (tertiary/aromatic N) is 8. The van der Waals surface area contributed by atoms with E-state index < -0.39 is 0 Å². The molecule has 82 heavy (non-hydrogen) atoms. The standard InChI is InChI=1S/C42H26N4O.C30H18N4O/c1-3-11-27(12-4-1)29-19-23-31(24-20-29)39-44-40(32-25-21-30(22-26-32)28-13-5-2-6-14-28)46-41(45-39)37-33-15-7-9-17-35(33)43-42-38(37)34-16-8-10-18-36(34)47-42;1-3-11-19(12-4-1)27-32-28(20-13-5-2-6-14-20)34-29(33-27)25-21-15-7-9-17-23(21)31-30-26(25)22-16-8-10-18-24(22)35-30/h1-26H;1-18H. The molecular weight excluding hydrogens is 1010 g/mol. The van der Waals surface area contributed by atoms with Crippen LogP contribution in [0.5, 0.6) is 0 Å². The summed E-state index contributed by atoms with van der Waals surface area (Å²) >= 11 is 0. The van der Waals surface area contributed by atoms with Crippen molar-refractivity contribution >= 4 is 65.9 Å². The molecule has 0 N–H and O–H groups in total. The van der Waals surface area contributed by atoms with Crippen LogP contribution in [0.3, 0.4) is 0 Å². The number of rotatable bonds is 8. The SMILES string of the molecule is c1ccc(-c2ccc(-c3nc(-c4ccc(-c5ccccc5)cc4)nc(-c4c5ccccc5nc5oc6ccccc6c45)n3)cc2)cc1.c1ccc(-c2nc(-c3ccccc3)nc(-c3c4ccccc4nc4oc5ccccc5c34)n2)cc1. The highest BCUT2D eigenvalue weighted by Crippen LogP contribution is 2.42. The number of pyridine rings is 2. The molecule has 16 rings (SSSR count). The Bertz CT molecular complexity index is 4860. The highest BCUT2D eigenvalue weighted by Gasteiger charge is 2.24. The molecule has 6 aromatic heterocycles. The maximum Gasteiger partial charge on any atom is 0.228 e. The highest BCUT2D eigenvalue weighted by atomic mass is 16.3. The molecule has 16 aromatic rings. The largest absolute Gasteiger partial charge is 0.438 e. The van der Waals surface area contributed by atoms with Gasteiger partial charge in [-0.3, -0.25) is 0 Å². The fraction of sp³-hybridized carbons (Fsp3) is 0. The van der Waals surface area contributed by atoms with Crippen molar-refractivity contribution in [3.8, 4) is 90.6 Å². The molecule has 0 aliphatic heterocycles. The maximum atomic E-state index is 6.28. The van der Waals surface area contributed by atoms with Crippen LogP contribution < -0.4 is 0 Å². The topological polar surface area (TPSA) is 129 Å². The van der Waals surface area contributed by atoms with Gasteiger partial charge in [0.25, 0.3) is 0 Å². The fourth-order valence-electron chi connectivity index (χ4n) is 10.8. The van der Waals surface area contributed by atoms with Gasteiger partial charge in [0.05, 0.1) is 21.8 Å². The molecule has 6 heterocycles. The van der Waals surface area contributed by atoms with Gasteiger partial charge in [-0.2, -0.15) is 0 Å². The number of benzene rings is 10. The predicted molar refractivity (Wildman–Crippen MR) is 328 cm³/mol. The third-order valence-corrected chi connectivity index (χ3v) is 14.7. The molecule has 0 saturated heterocycles. The summed E-state index contributed by atoms with van der Waals surface area (Å²) in [6.07, 6.45) is 0. The van der Waals surface area contributed by atoms with E-state index in [0.717, 1.165) is 110 Å². The maximum absolute atomic E-state index is 6.28. The van der Waals surface area contributed by atoms with E-state index in [1.807, 2.05) is 146 Å². The summed E-state index contributed by atoms with van der Waals surface area (Å²) in [6, 6.07) is 89.6. The molecule has 0 bridgehead atoms. The molecule has 10 nitrogen and oxygen atoms in total. The van der Waals surface area contributed by atoms with Crippen LogP contribution in [0.2, 0.25) is 0 Å². The summed E-state index contributed by atoms with van der Waals surface area (Å²) in [5.41, 5.74) is 14.4. The van der Waals surface area contributed by atoms with E-state index in [1.54, 1.807) is 0 Å². The molecule has 0 spiro atoms. The van der Waals surface area contributed by atoms with Crippen LogP contribution in [-0.2, 0) is 0 Å². The third-order valence-electron chi connectivity index (χ3n) is 14.7. The van der Waals surface area contributed by atoms with Crippen molar-refractivity contribution in [2.45, 2.75) is 0 Å². The first-order valence-electron chi connectivity index (χ1n) is 27.0. The summed E-state index contributed by atoms with van der Waals surface area (Å²) in [4.78, 5) is 39.9. The van der Waals surface area contributed by atoms with E-state index in [0.29, 0.717) is 46.4 Å². The molecule has 0 amide bonds. The Morgan fingerprint density at radius 3 is 0.817 bits per heavy atom. The number of hydrogen-bond acceptors (Lipinski definition) is 10. The van der Waals surface area contributed by atoms with E-state index in [9.17, 15) is 0 Å². The first kappa shape index (κ1) is 47.8. The van der Waals surface area contributed by atoms with Crippen molar-refractivity contribution in [3.63, 3.8) is 0 Å². The van der Waals surface area contributed by atoms with Crippen molar-refractivity contribution in [3.05, 3.63) is 267 Å². The molecule has 384 valence electrons. The number of furan rings is 2. The zero-order valence-corrected chi connectivity index (χ0v) is 43.8. The van der Waals surface area contributed by atoms with Gasteiger partial charge in [-0.05, 0) is 46.5 Å². The molecule has 0 fully saturated rings. The normalized spacial score (nSPS) is 11.4. The smallest absolute Gasteiger partial charge is 0.228 e. The average Bonchev–Trinajstić information content (AvgIpc) is 4.28. The van der Waals surface area contributed by atoms with Crippen LogP contribution in [0.4, 0.5) is 0 Å². The van der Waals surface area contributed by atoms with Gasteiger partial charge in [0.1, 0.15) is 11.2 Å². The number of hydrogen-bond donors (Lipinski definition) is 0. The number of fused-ring (bicyclic) bond motifs is 8. The molecule has 0 radical (unpaired) electrons. The van der Waals surface area contributed by atoms with E-state index in [-0.39, 0.29) is 0 Å². The van der Waals surface area contributed by atoms with Crippen molar-refractivity contribution in [1.82, 2.24) is 39.9 Å². The summed E-state index contributed by atoms with van der Waals surface area (Å²) in [5.74, 6) is 3.59. The molecule has 0 aliphatic rings. The van der Waals surface area contributed by atoms with Crippen LogP contribution in [0.15, 0.2) is 276 Å². The minimum absolute atomic E-state index is 0.558. The van der Waals surface area contributed by atoms with Gasteiger partial charge < -0.3 is 8.83 Å². The van der Waals surface area contributed by atoms with E-state index in [4.69, 9.17) is 48.7 Å². The second-order valence-electron chi connectivity index (χ2n) is 19.8. The Labute approximate surface area is 469 Å². The zero-order valence-electron chi connectivity index (χ0n) is 43.8. The predicted octanol–water partition coefficient (Wildman–Crippen LogP) is 18.0. The Kier molecular flexibility index (Phi) is 11.9. The lowest BCUT2D eigenvalue weighted by molar-refractivity contribution is 0.655. The Morgan fingerprint density at radius 2 is 0.451 bits per heavy atom. The first-order valence-corrected chi connectivity index (χ1v) is 27.0. The summed E-state index contributed by atoms with van der Waals surface area (Å²) < 4.78 is 12.5. The lowest BCUT2D eigenvalue weighted by atomic mass is 10.0. The quantitative estimate of drug-likeness (QED) is 0.145. The van der Waals surface area contributed by atoms with Crippen LogP contribution in [0.25, 0.3) is 157 Å². The van der Waals surface area contributed by atoms with Crippen molar-refractivity contribution in [1.29, 1.82) is 0 Å². The lowest BCUT2D eigenvalue weighted by Crippen LogP contribution is -2.01. The van der Waals surface area contributed by atoms with Gasteiger partial charge in [-0.25, -0.2) is 39.9 Å². The van der Waals surface area contributed by atoms with Crippen LogP contribution in [-0.4, -0.2) is 39.9 Å². The molecule has 0 atom stereocenters. The van der Waals surface area contributed by atoms with Crippen molar-refractivity contribution < 1.29 is 8.83 Å². The minimum atomic E-state index is 0.558. The Balaban J connectivity index is 0.000000147. The molecule has 0 unspecified atom stereocenters. The van der Waals surface area contributed by atoms with Crippen molar-refractivity contribution in [2.75, 3.05) is 0 Å². The summed E-state index contributed by atoms with van der Waals surface area (Å²) in [6.45, 7) is 0. The van der Waals surface area contributed by atoms with Crippen LogP contribution >= 0.6 is 0 Å². The lowest BCUT2D eigenvalue weighted by Gasteiger charge is -2.12. The molecule has 10 aromatic carbocycles. The van der Waals surface area contributed by atoms with Gasteiger partial charge >= 0.3 is 0 Å². The van der Waals surface area contributed by atoms with Crippen molar-refractivity contribution in [2.24, 2.45) is 0 Å². The molecule has 0 aliphatic carbocycles. The molecule has 0 saturated carbocycles. The number of aromatic nitrogens is 8. The fourth-order valence-corrected chi connectivity index (χ4v) is 10.8. The second-order valence-corrected chi connectivity index (χ2v) is 19.8. The summed E-state index contributed by atoms with van der Waals surface area (Å²) in [5, 5.41) is 5.67. The van der Waals surface area contributed by atoms with Crippen LogP contribution in [0, 0.1) is 0 Å². The molecule has 10 heteroatoms. The first-order chi connectivity index (χ1) is 40.6. The van der Waals surface area contributed by atoms with Gasteiger partial charge in [0.2, 0.25) is 11.4 Å². The van der Waals surface area contributed by atoms with Gasteiger partial charge in [0.15, 0.2) is 34.9 Å². The monoisotopic (exact) mass is 1050 g/mol. The molecular formula is C72H44N8O2. The Morgan fingerprint density at radius 1 is 0.195 bits per heavy atom. The van der Waals surface area contributed by atoms with Gasteiger partial charge in [-0.15, -0.1) is 0 Å². The second kappa shape index (κ2) is 20.5. The minimum Gasteiger partial charge on any atom is -0.438 e. The van der Waals surface area contributed by atoms with E-state index in [1.165, 1.54) is 0 Å². The summed E-state index contributed by atoms with van der Waals surface area (Å²) in [7, 11) is 0. The highest BCUT2D eigenvalue weighted by molar-refractivity contribution is 6.19. The van der Waals surface area contributed by atoms with Gasteiger partial charge in [-0.1, -0.05) is 243 Å². The van der Waals surface area contributed by atoms with E-state index >= 15 is 0 Å². The van der Waals surface area contributed by atoms with Crippen LogP contribution in [0.1, 0.15) is 0 Å². The Hall–Kier alpha value is -11.4.